The molecule has 166 valence electrons. The summed E-state index contributed by atoms with van der Waals surface area (Å²) in [4.78, 5) is 26.9. The molecule has 2 aromatic rings. The van der Waals surface area contributed by atoms with Gasteiger partial charge in [0.2, 0.25) is 10.0 Å². The smallest absolute Gasteiger partial charge is 0.253 e. The molecule has 0 radical (unpaired) electrons. The molecule has 0 unspecified atom stereocenters. The van der Waals surface area contributed by atoms with E-state index >= 15 is 0 Å². The number of piperidine rings is 1. The number of ether oxygens (including phenoxy) is 1. The number of methoxy groups -OCH3 is 1. The van der Waals surface area contributed by atoms with Crippen molar-refractivity contribution in [3.63, 3.8) is 0 Å². The number of hydrogen-bond donors (Lipinski definition) is 2. The first-order chi connectivity index (χ1) is 14.9. The molecular weight excluding hydrogens is 438 g/mol. The van der Waals surface area contributed by atoms with Crippen molar-refractivity contribution in [3.8, 4) is 5.75 Å². The number of nitrogens with one attached hydrogen (secondary N) is 2. The zero-order chi connectivity index (χ0) is 22.0. The lowest BCUT2D eigenvalue weighted by Gasteiger charge is -2.32. The number of rotatable bonds is 7. The van der Waals surface area contributed by atoms with E-state index in [2.05, 4.69) is 10.0 Å². The van der Waals surface area contributed by atoms with E-state index < -0.39 is 10.0 Å². The molecule has 1 aromatic heterocycles. The van der Waals surface area contributed by atoms with Crippen LogP contribution in [0.2, 0.25) is 0 Å². The van der Waals surface area contributed by atoms with Crippen LogP contribution in [0, 0.1) is 0 Å². The Morgan fingerprint density at radius 3 is 2.42 bits per heavy atom. The SMILES string of the molecule is COc1ccc(C(=O)N2CCC(NC(=O)c3ccsc3)CC2)cc1S(=O)(=O)NC1CC1. The Kier molecular flexibility index (Phi) is 6.31. The lowest BCUT2D eigenvalue weighted by molar-refractivity contribution is 0.0698. The molecule has 4 rings (SSSR count). The number of carbonyl (C=O) groups is 2. The fourth-order valence-corrected chi connectivity index (χ4v) is 5.71. The Hall–Kier alpha value is -2.43. The van der Waals surface area contributed by atoms with E-state index in [1.54, 1.807) is 22.4 Å². The monoisotopic (exact) mass is 463 g/mol. The van der Waals surface area contributed by atoms with E-state index in [0.29, 0.717) is 37.1 Å². The van der Waals surface area contributed by atoms with Gasteiger partial charge in [-0.15, -0.1) is 0 Å². The highest BCUT2D eigenvalue weighted by Crippen LogP contribution is 2.29. The molecule has 1 aliphatic carbocycles. The predicted octanol–water partition coefficient (Wildman–Crippen LogP) is 2.23. The van der Waals surface area contributed by atoms with Crippen molar-refractivity contribution in [2.24, 2.45) is 0 Å². The summed E-state index contributed by atoms with van der Waals surface area (Å²) in [5.41, 5.74) is 0.952. The Morgan fingerprint density at radius 2 is 1.81 bits per heavy atom. The van der Waals surface area contributed by atoms with Crippen LogP contribution in [-0.2, 0) is 10.0 Å². The maximum atomic E-state index is 13.0. The minimum absolute atomic E-state index is 0.00555. The number of carbonyl (C=O) groups excluding carboxylic acids is 2. The van der Waals surface area contributed by atoms with Crippen LogP contribution in [0.5, 0.6) is 5.75 Å². The van der Waals surface area contributed by atoms with Crippen LogP contribution >= 0.6 is 11.3 Å². The van der Waals surface area contributed by atoms with E-state index in [9.17, 15) is 18.0 Å². The maximum absolute atomic E-state index is 13.0. The highest BCUT2D eigenvalue weighted by molar-refractivity contribution is 7.89. The number of likely N-dealkylation sites (tertiary alicyclic amines) is 1. The molecule has 1 aromatic carbocycles. The van der Waals surface area contributed by atoms with E-state index in [1.165, 1.54) is 30.6 Å². The zero-order valence-electron chi connectivity index (χ0n) is 17.2. The minimum Gasteiger partial charge on any atom is -0.495 e. The molecule has 2 N–H and O–H groups in total. The summed E-state index contributed by atoms with van der Waals surface area (Å²) in [5, 5.41) is 6.68. The van der Waals surface area contributed by atoms with Crippen LogP contribution < -0.4 is 14.8 Å². The summed E-state index contributed by atoms with van der Waals surface area (Å²) in [7, 11) is -2.36. The van der Waals surface area contributed by atoms with Crippen LogP contribution in [0.3, 0.4) is 0 Å². The molecule has 2 aliphatic rings. The Morgan fingerprint density at radius 1 is 1.06 bits per heavy atom. The van der Waals surface area contributed by atoms with E-state index in [-0.39, 0.29) is 34.5 Å². The van der Waals surface area contributed by atoms with Gasteiger partial charge in [-0.1, -0.05) is 0 Å². The first kappa shape index (κ1) is 21.8. The van der Waals surface area contributed by atoms with Gasteiger partial charge in [-0.25, -0.2) is 13.1 Å². The lowest BCUT2D eigenvalue weighted by Crippen LogP contribution is -2.46. The second-order valence-corrected chi connectivity index (χ2v) is 10.3. The molecule has 2 amide bonds. The van der Waals surface area contributed by atoms with Crippen molar-refractivity contribution in [1.29, 1.82) is 0 Å². The van der Waals surface area contributed by atoms with Crippen molar-refractivity contribution in [3.05, 3.63) is 46.2 Å². The Labute approximate surface area is 185 Å². The van der Waals surface area contributed by atoms with Gasteiger partial charge in [-0.2, -0.15) is 11.3 Å². The Bertz CT molecular complexity index is 1060. The molecule has 31 heavy (non-hydrogen) atoms. The molecule has 1 saturated carbocycles. The second kappa shape index (κ2) is 8.97. The van der Waals surface area contributed by atoms with Crippen molar-refractivity contribution in [1.82, 2.24) is 14.9 Å². The highest BCUT2D eigenvalue weighted by Gasteiger charge is 2.31. The van der Waals surface area contributed by atoms with Gasteiger partial charge in [0.25, 0.3) is 11.8 Å². The number of sulfonamides is 1. The number of benzene rings is 1. The van der Waals surface area contributed by atoms with Gasteiger partial charge in [-0.3, -0.25) is 9.59 Å². The standard InChI is InChI=1S/C21H25N3O5S2/c1-29-18-5-2-14(12-19(18)31(27,28)23-17-3-4-17)21(26)24-9-6-16(7-10-24)22-20(25)15-8-11-30-13-15/h2,5,8,11-13,16-17,23H,3-4,6-7,9-10H2,1H3,(H,22,25). The van der Waals surface area contributed by atoms with Crippen LogP contribution in [0.1, 0.15) is 46.4 Å². The number of thiophene rings is 1. The third-order valence-electron chi connectivity index (χ3n) is 5.50. The van der Waals surface area contributed by atoms with Crippen LogP contribution in [0.25, 0.3) is 0 Å². The van der Waals surface area contributed by atoms with Crippen LogP contribution in [0.15, 0.2) is 39.9 Å². The third kappa shape index (κ3) is 5.08. The molecule has 8 nitrogen and oxygen atoms in total. The van der Waals surface area contributed by atoms with E-state index in [1.807, 2.05) is 5.38 Å². The van der Waals surface area contributed by atoms with E-state index in [0.717, 1.165) is 12.8 Å². The fraction of sp³-hybridized carbons (Fsp3) is 0.429. The van der Waals surface area contributed by atoms with E-state index in [4.69, 9.17) is 4.74 Å². The summed E-state index contributed by atoms with van der Waals surface area (Å²) in [6.07, 6.45) is 2.93. The topological polar surface area (TPSA) is 105 Å². The number of hydrogen-bond acceptors (Lipinski definition) is 6. The fourth-order valence-electron chi connectivity index (χ4n) is 3.58. The predicted molar refractivity (Wildman–Crippen MR) is 117 cm³/mol. The average molecular weight is 464 g/mol. The summed E-state index contributed by atoms with van der Waals surface area (Å²) in [6, 6.07) is 6.23. The lowest BCUT2D eigenvalue weighted by atomic mass is 10.0. The molecule has 0 spiro atoms. The molecule has 1 saturated heterocycles. The van der Waals surface area contributed by atoms with Gasteiger partial charge in [0.1, 0.15) is 10.6 Å². The average Bonchev–Trinajstić information content (AvgIpc) is 3.39. The number of amides is 2. The minimum atomic E-state index is -3.76. The van der Waals surface area contributed by atoms with Crippen molar-refractivity contribution >= 4 is 33.2 Å². The summed E-state index contributed by atoms with van der Waals surface area (Å²) in [5.74, 6) is -0.119. The summed E-state index contributed by atoms with van der Waals surface area (Å²) in [6.45, 7) is 0.976. The van der Waals surface area contributed by atoms with Gasteiger partial charge >= 0.3 is 0 Å². The van der Waals surface area contributed by atoms with Gasteiger partial charge < -0.3 is 15.0 Å². The molecular formula is C21H25N3O5S2. The quantitative estimate of drug-likeness (QED) is 0.655. The maximum Gasteiger partial charge on any atom is 0.253 e. The number of nitrogens with zero attached hydrogens (tertiary/aromatic N) is 1. The molecule has 1 aliphatic heterocycles. The van der Waals surface area contributed by atoms with Gasteiger partial charge in [0.05, 0.1) is 7.11 Å². The van der Waals surface area contributed by atoms with Crippen molar-refractivity contribution in [2.75, 3.05) is 20.2 Å². The first-order valence-electron chi connectivity index (χ1n) is 10.2. The molecule has 2 heterocycles. The highest BCUT2D eigenvalue weighted by atomic mass is 32.2. The summed E-state index contributed by atoms with van der Waals surface area (Å²) >= 11 is 1.47. The molecule has 10 heteroatoms. The molecule has 0 bridgehead atoms. The molecule has 2 fully saturated rings. The molecule has 0 atom stereocenters. The van der Waals surface area contributed by atoms with Crippen molar-refractivity contribution in [2.45, 2.75) is 42.7 Å². The van der Waals surface area contributed by atoms with Crippen molar-refractivity contribution < 1.29 is 22.7 Å². The second-order valence-electron chi connectivity index (χ2n) is 7.81. The van der Waals surface area contributed by atoms with Gasteiger partial charge in [0, 0.05) is 41.7 Å². The van der Waals surface area contributed by atoms with Crippen LogP contribution in [0.4, 0.5) is 0 Å². The van der Waals surface area contributed by atoms with Gasteiger partial charge in [0.15, 0.2) is 0 Å². The normalized spacial score (nSPS) is 17.4. The zero-order valence-corrected chi connectivity index (χ0v) is 18.8. The first-order valence-corrected chi connectivity index (χ1v) is 12.6. The Balaban J connectivity index is 1.41. The largest absolute Gasteiger partial charge is 0.495 e. The van der Waals surface area contributed by atoms with Crippen LogP contribution in [-0.4, -0.2) is 57.4 Å². The summed E-state index contributed by atoms with van der Waals surface area (Å²) < 4.78 is 33.2. The van der Waals surface area contributed by atoms with Gasteiger partial charge in [-0.05, 0) is 55.3 Å². The third-order valence-corrected chi connectivity index (χ3v) is 7.72.